The van der Waals surface area contributed by atoms with Crippen LogP contribution in [0.15, 0.2) is 12.3 Å². The summed E-state index contributed by atoms with van der Waals surface area (Å²) in [5, 5.41) is 0. The number of hydrogen-bond acceptors (Lipinski definition) is 6. The van der Waals surface area contributed by atoms with Crippen LogP contribution in [0.4, 0.5) is 5.95 Å². The van der Waals surface area contributed by atoms with Crippen molar-refractivity contribution in [2.24, 2.45) is 0 Å². The van der Waals surface area contributed by atoms with E-state index in [1.165, 1.54) is 13.3 Å². The lowest BCUT2D eigenvalue weighted by molar-refractivity contribution is 0.181. The van der Waals surface area contributed by atoms with Crippen molar-refractivity contribution in [2.45, 2.75) is 6.61 Å². The first-order valence-electron chi connectivity index (χ1n) is 4.61. The number of rotatable bonds is 3. The summed E-state index contributed by atoms with van der Waals surface area (Å²) < 4.78 is 33.4. The summed E-state index contributed by atoms with van der Waals surface area (Å²) in [7, 11) is -2.17. The maximum atomic E-state index is 11.4. The quantitative estimate of drug-likeness (QED) is 0.727. The van der Waals surface area contributed by atoms with Gasteiger partial charge in [-0.15, -0.1) is 0 Å². The van der Waals surface area contributed by atoms with Crippen molar-refractivity contribution in [3.63, 3.8) is 0 Å². The number of aromatic nitrogens is 2. The average molecular weight is 245 g/mol. The molecule has 88 valence electrons. The number of anilines is 1. The van der Waals surface area contributed by atoms with Crippen molar-refractivity contribution in [3.05, 3.63) is 18.0 Å². The van der Waals surface area contributed by atoms with E-state index in [1.54, 1.807) is 6.07 Å². The van der Waals surface area contributed by atoms with E-state index in [1.807, 2.05) is 0 Å². The molecule has 1 aliphatic rings. The summed E-state index contributed by atoms with van der Waals surface area (Å²) in [6.45, 7) is 0.670. The van der Waals surface area contributed by atoms with Crippen molar-refractivity contribution in [1.82, 2.24) is 9.97 Å². The minimum absolute atomic E-state index is 0.118. The zero-order valence-electron chi connectivity index (χ0n) is 8.66. The van der Waals surface area contributed by atoms with E-state index in [-0.39, 0.29) is 19.1 Å². The van der Waals surface area contributed by atoms with Crippen molar-refractivity contribution >= 4 is 16.3 Å². The van der Waals surface area contributed by atoms with Gasteiger partial charge in [0.15, 0.2) is 0 Å². The Bertz CT molecular complexity index is 476. The molecule has 0 atom stereocenters. The molecule has 0 radical (unpaired) electrons. The Morgan fingerprint density at radius 2 is 2.44 bits per heavy atom. The van der Waals surface area contributed by atoms with E-state index in [2.05, 4.69) is 14.2 Å². The van der Waals surface area contributed by atoms with E-state index in [0.717, 1.165) is 4.31 Å². The summed E-state index contributed by atoms with van der Waals surface area (Å²) in [4.78, 5) is 7.97. The molecule has 8 heteroatoms. The van der Waals surface area contributed by atoms with Crippen molar-refractivity contribution in [2.75, 3.05) is 24.6 Å². The summed E-state index contributed by atoms with van der Waals surface area (Å²) in [6.07, 6.45) is 1.49. The molecule has 1 aromatic heterocycles. The van der Waals surface area contributed by atoms with Gasteiger partial charge in [0.2, 0.25) is 5.95 Å². The SMILES string of the molecule is COCc1ccnc(N2CCOS2(=O)=O)n1. The van der Waals surface area contributed by atoms with Gasteiger partial charge in [0.05, 0.1) is 25.5 Å². The van der Waals surface area contributed by atoms with Crippen LogP contribution in [0, 0.1) is 0 Å². The zero-order valence-corrected chi connectivity index (χ0v) is 9.48. The molecular formula is C8H11N3O4S. The van der Waals surface area contributed by atoms with Gasteiger partial charge >= 0.3 is 10.3 Å². The van der Waals surface area contributed by atoms with Crippen LogP contribution in [-0.2, 0) is 25.8 Å². The highest BCUT2D eigenvalue weighted by molar-refractivity contribution is 7.88. The Labute approximate surface area is 93.3 Å². The molecule has 0 aromatic carbocycles. The smallest absolute Gasteiger partial charge is 0.364 e. The first-order valence-corrected chi connectivity index (χ1v) is 5.98. The molecule has 0 bridgehead atoms. The Balaban J connectivity index is 2.30. The molecule has 0 N–H and O–H groups in total. The molecule has 1 aliphatic heterocycles. The monoisotopic (exact) mass is 245 g/mol. The minimum Gasteiger partial charge on any atom is -0.378 e. The van der Waals surface area contributed by atoms with Gasteiger partial charge in [-0.2, -0.15) is 8.42 Å². The molecule has 0 saturated carbocycles. The van der Waals surface area contributed by atoms with Crippen LogP contribution < -0.4 is 4.31 Å². The Morgan fingerprint density at radius 3 is 3.06 bits per heavy atom. The van der Waals surface area contributed by atoms with Gasteiger partial charge in [-0.3, -0.25) is 4.18 Å². The third kappa shape index (κ3) is 2.13. The van der Waals surface area contributed by atoms with Gasteiger partial charge in [-0.25, -0.2) is 14.3 Å². The molecular weight excluding hydrogens is 234 g/mol. The lowest BCUT2D eigenvalue weighted by Gasteiger charge is -2.12. The number of nitrogens with zero attached hydrogens (tertiary/aromatic N) is 3. The molecule has 1 fully saturated rings. The molecule has 1 saturated heterocycles. The summed E-state index contributed by atoms with van der Waals surface area (Å²) >= 11 is 0. The molecule has 0 amide bonds. The predicted octanol–water partition coefficient (Wildman–Crippen LogP) is -0.296. The van der Waals surface area contributed by atoms with Crippen LogP contribution in [0.1, 0.15) is 5.69 Å². The molecule has 7 nitrogen and oxygen atoms in total. The van der Waals surface area contributed by atoms with E-state index >= 15 is 0 Å². The van der Waals surface area contributed by atoms with Crippen molar-refractivity contribution < 1.29 is 17.3 Å². The van der Waals surface area contributed by atoms with E-state index in [0.29, 0.717) is 12.3 Å². The van der Waals surface area contributed by atoms with Crippen LogP contribution in [0.25, 0.3) is 0 Å². The Hall–Kier alpha value is -1.25. The highest BCUT2D eigenvalue weighted by Crippen LogP contribution is 2.18. The normalized spacial score (nSPS) is 18.9. The molecule has 0 spiro atoms. The molecule has 2 heterocycles. The molecule has 0 unspecified atom stereocenters. The minimum atomic E-state index is -3.70. The predicted molar refractivity (Wildman–Crippen MR) is 55.0 cm³/mol. The standard InChI is InChI=1S/C8H11N3O4S/c1-14-6-7-2-3-9-8(10-7)11-4-5-15-16(11,12)13/h2-3H,4-6H2,1H3. The molecule has 2 rings (SSSR count). The highest BCUT2D eigenvalue weighted by Gasteiger charge is 2.31. The second kappa shape index (κ2) is 4.32. The van der Waals surface area contributed by atoms with Crippen LogP contribution >= 0.6 is 0 Å². The van der Waals surface area contributed by atoms with Gasteiger partial charge in [-0.1, -0.05) is 0 Å². The van der Waals surface area contributed by atoms with Gasteiger partial charge in [0.25, 0.3) is 0 Å². The molecule has 1 aromatic rings. The fourth-order valence-corrected chi connectivity index (χ4v) is 2.33. The molecule has 16 heavy (non-hydrogen) atoms. The van der Waals surface area contributed by atoms with Crippen LogP contribution in [0.2, 0.25) is 0 Å². The summed E-state index contributed by atoms with van der Waals surface area (Å²) in [5.74, 6) is 0.118. The summed E-state index contributed by atoms with van der Waals surface area (Å²) in [5.41, 5.74) is 0.620. The fraction of sp³-hybridized carbons (Fsp3) is 0.500. The lowest BCUT2D eigenvalue weighted by Crippen LogP contribution is -2.27. The van der Waals surface area contributed by atoms with Gasteiger partial charge in [0, 0.05) is 13.3 Å². The first-order chi connectivity index (χ1) is 7.63. The van der Waals surface area contributed by atoms with Gasteiger partial charge in [-0.05, 0) is 6.07 Å². The second-order valence-electron chi connectivity index (χ2n) is 3.13. The van der Waals surface area contributed by atoms with Crippen LogP contribution in [0.5, 0.6) is 0 Å². The third-order valence-electron chi connectivity index (χ3n) is 2.01. The Morgan fingerprint density at radius 1 is 1.62 bits per heavy atom. The largest absolute Gasteiger partial charge is 0.378 e. The highest BCUT2D eigenvalue weighted by atomic mass is 32.2. The van der Waals surface area contributed by atoms with Crippen molar-refractivity contribution in [3.8, 4) is 0 Å². The van der Waals surface area contributed by atoms with Crippen molar-refractivity contribution in [1.29, 1.82) is 0 Å². The lowest BCUT2D eigenvalue weighted by atomic mass is 10.4. The first kappa shape index (κ1) is 11.2. The zero-order chi connectivity index (χ0) is 11.6. The Kier molecular flexibility index (Phi) is 3.03. The van der Waals surface area contributed by atoms with E-state index in [4.69, 9.17) is 4.74 Å². The third-order valence-corrected chi connectivity index (χ3v) is 3.36. The topological polar surface area (TPSA) is 81.6 Å². The van der Waals surface area contributed by atoms with E-state index in [9.17, 15) is 8.42 Å². The maximum absolute atomic E-state index is 11.4. The maximum Gasteiger partial charge on any atom is 0.364 e. The van der Waals surface area contributed by atoms with Gasteiger partial charge < -0.3 is 4.74 Å². The molecule has 0 aliphatic carbocycles. The summed E-state index contributed by atoms with van der Waals surface area (Å²) in [6, 6.07) is 1.66. The number of methoxy groups -OCH3 is 1. The van der Waals surface area contributed by atoms with E-state index < -0.39 is 10.3 Å². The van der Waals surface area contributed by atoms with Crippen LogP contribution in [-0.4, -0.2) is 38.6 Å². The van der Waals surface area contributed by atoms with Crippen LogP contribution in [0.3, 0.4) is 0 Å². The fourth-order valence-electron chi connectivity index (χ4n) is 1.33. The second-order valence-corrected chi connectivity index (χ2v) is 4.66. The van der Waals surface area contributed by atoms with Gasteiger partial charge in [0.1, 0.15) is 0 Å². The number of ether oxygens (including phenoxy) is 1. The average Bonchev–Trinajstić information content (AvgIpc) is 2.59. The number of hydrogen-bond donors (Lipinski definition) is 0.